The minimum Gasteiger partial charge on any atom is -0.346 e. The summed E-state index contributed by atoms with van der Waals surface area (Å²) in [4.78, 5) is 21.9. The van der Waals surface area contributed by atoms with Gasteiger partial charge in [0.25, 0.3) is 5.91 Å². The largest absolute Gasteiger partial charge is 0.346 e. The first kappa shape index (κ1) is 10.9. The molecular formula is C9H15NO2. The van der Waals surface area contributed by atoms with Gasteiger partial charge >= 0.3 is 0 Å². The number of hydrogen-bond acceptors (Lipinski definition) is 2. The Kier molecular flexibility index (Phi) is 5.97. The molecule has 0 radical (unpaired) electrons. The molecule has 0 saturated carbocycles. The fourth-order valence-corrected chi connectivity index (χ4v) is 0.714. The van der Waals surface area contributed by atoms with Crippen LogP contribution in [-0.2, 0) is 9.59 Å². The lowest BCUT2D eigenvalue weighted by molar-refractivity contribution is -0.137. The number of unbranched alkanes of at least 4 members (excludes halogenated alkanes) is 1. The smallest absolute Gasteiger partial charge is 0.287 e. The van der Waals surface area contributed by atoms with Crippen molar-refractivity contribution in [2.24, 2.45) is 0 Å². The highest BCUT2D eigenvalue weighted by molar-refractivity contribution is 6.36. The summed E-state index contributed by atoms with van der Waals surface area (Å²) in [5.41, 5.74) is 0. The van der Waals surface area contributed by atoms with Crippen molar-refractivity contribution in [3.8, 4) is 0 Å². The van der Waals surface area contributed by atoms with E-state index in [4.69, 9.17) is 0 Å². The first-order valence-corrected chi connectivity index (χ1v) is 4.14. The Hall–Kier alpha value is -1.12. The van der Waals surface area contributed by atoms with Gasteiger partial charge in [-0.3, -0.25) is 9.59 Å². The minimum atomic E-state index is -0.497. The number of carbonyl (C=O) groups is 2. The number of nitrogens with one attached hydrogen (secondary N) is 1. The van der Waals surface area contributed by atoms with E-state index in [1.54, 1.807) is 6.08 Å². The molecule has 0 heterocycles. The third-order valence-corrected chi connectivity index (χ3v) is 1.42. The van der Waals surface area contributed by atoms with E-state index in [1.807, 2.05) is 6.92 Å². The third-order valence-electron chi connectivity index (χ3n) is 1.42. The van der Waals surface area contributed by atoms with Gasteiger partial charge in [0.05, 0.1) is 0 Å². The van der Waals surface area contributed by atoms with Crippen LogP contribution in [0.1, 0.15) is 26.2 Å². The van der Waals surface area contributed by atoms with E-state index >= 15 is 0 Å². The molecule has 0 saturated heterocycles. The molecule has 0 bridgehead atoms. The molecule has 0 aromatic carbocycles. The second kappa shape index (κ2) is 6.58. The van der Waals surface area contributed by atoms with Crippen LogP contribution in [0.15, 0.2) is 12.7 Å². The molecule has 0 aliphatic carbocycles. The van der Waals surface area contributed by atoms with E-state index in [2.05, 4.69) is 11.9 Å². The summed E-state index contributed by atoms with van der Waals surface area (Å²) >= 11 is 0. The van der Waals surface area contributed by atoms with Gasteiger partial charge < -0.3 is 5.32 Å². The summed E-state index contributed by atoms with van der Waals surface area (Å²) in [6, 6.07) is 0. The molecule has 0 aliphatic rings. The van der Waals surface area contributed by atoms with Crippen molar-refractivity contribution >= 4 is 11.7 Å². The van der Waals surface area contributed by atoms with E-state index < -0.39 is 5.91 Å². The lowest BCUT2D eigenvalue weighted by Gasteiger charge is -1.99. The van der Waals surface area contributed by atoms with Gasteiger partial charge in [0.2, 0.25) is 5.78 Å². The van der Waals surface area contributed by atoms with E-state index in [1.165, 1.54) is 0 Å². The zero-order valence-electron chi connectivity index (χ0n) is 7.43. The first-order chi connectivity index (χ1) is 5.72. The van der Waals surface area contributed by atoms with Crippen LogP contribution >= 0.6 is 0 Å². The highest BCUT2D eigenvalue weighted by Gasteiger charge is 2.10. The lowest BCUT2D eigenvalue weighted by Crippen LogP contribution is -2.30. The van der Waals surface area contributed by atoms with E-state index in [0.717, 1.165) is 12.8 Å². The summed E-state index contributed by atoms with van der Waals surface area (Å²) < 4.78 is 0. The zero-order chi connectivity index (χ0) is 9.40. The Bertz CT molecular complexity index is 175. The Morgan fingerprint density at radius 2 is 2.17 bits per heavy atom. The molecule has 0 aliphatic heterocycles. The van der Waals surface area contributed by atoms with Gasteiger partial charge in [-0.2, -0.15) is 0 Å². The molecule has 12 heavy (non-hydrogen) atoms. The first-order valence-electron chi connectivity index (χ1n) is 4.14. The van der Waals surface area contributed by atoms with Crippen molar-refractivity contribution in [3.63, 3.8) is 0 Å². The van der Waals surface area contributed by atoms with Gasteiger partial charge in [0.15, 0.2) is 0 Å². The van der Waals surface area contributed by atoms with Crippen LogP contribution in [0.3, 0.4) is 0 Å². The SMILES string of the molecule is C=CCNC(=O)C(=O)CCCC. The third kappa shape index (κ3) is 4.66. The number of amides is 1. The number of carbonyl (C=O) groups excluding carboxylic acids is 2. The number of hydrogen-bond donors (Lipinski definition) is 1. The van der Waals surface area contributed by atoms with Crippen LogP contribution in [-0.4, -0.2) is 18.2 Å². The van der Waals surface area contributed by atoms with Crippen molar-refractivity contribution in [2.75, 3.05) is 6.54 Å². The Balaban J connectivity index is 3.61. The van der Waals surface area contributed by atoms with Crippen molar-refractivity contribution in [1.29, 1.82) is 0 Å². The predicted molar refractivity (Wildman–Crippen MR) is 47.7 cm³/mol. The van der Waals surface area contributed by atoms with Crippen LogP contribution in [0, 0.1) is 0 Å². The van der Waals surface area contributed by atoms with Crippen molar-refractivity contribution in [3.05, 3.63) is 12.7 Å². The fraction of sp³-hybridized carbons (Fsp3) is 0.556. The second-order valence-corrected chi connectivity index (χ2v) is 2.53. The molecule has 3 nitrogen and oxygen atoms in total. The van der Waals surface area contributed by atoms with Gasteiger partial charge in [-0.15, -0.1) is 6.58 Å². The summed E-state index contributed by atoms with van der Waals surface area (Å²) in [6.45, 7) is 5.77. The van der Waals surface area contributed by atoms with Crippen LogP contribution in [0.25, 0.3) is 0 Å². The van der Waals surface area contributed by atoms with E-state index in [9.17, 15) is 9.59 Å². The molecule has 68 valence electrons. The Labute approximate surface area is 72.8 Å². The summed E-state index contributed by atoms with van der Waals surface area (Å²) in [5.74, 6) is -0.831. The molecule has 0 rings (SSSR count). The maximum absolute atomic E-state index is 11.0. The Morgan fingerprint density at radius 1 is 1.50 bits per heavy atom. The molecule has 3 heteroatoms. The van der Waals surface area contributed by atoms with Gasteiger partial charge in [-0.05, 0) is 6.42 Å². The van der Waals surface area contributed by atoms with Crippen LogP contribution in [0.2, 0.25) is 0 Å². The predicted octanol–water partition coefficient (Wildman–Crippen LogP) is 1.05. The van der Waals surface area contributed by atoms with Crippen molar-refractivity contribution in [2.45, 2.75) is 26.2 Å². The van der Waals surface area contributed by atoms with Crippen LogP contribution < -0.4 is 5.32 Å². The van der Waals surface area contributed by atoms with E-state index in [0.29, 0.717) is 13.0 Å². The highest BCUT2D eigenvalue weighted by atomic mass is 16.2. The standard InChI is InChI=1S/C9H15NO2/c1-3-5-6-8(11)9(12)10-7-4-2/h4H,2-3,5-7H2,1H3,(H,10,12). The number of Topliss-reactive ketones (excluding diaryl/α,β-unsaturated/α-hetero) is 1. The van der Waals surface area contributed by atoms with Crippen LogP contribution in [0.5, 0.6) is 0 Å². The molecule has 0 aromatic heterocycles. The molecule has 1 amide bonds. The summed E-state index contributed by atoms with van der Waals surface area (Å²) in [7, 11) is 0. The average Bonchev–Trinajstić information content (AvgIpc) is 2.10. The fourth-order valence-electron chi connectivity index (χ4n) is 0.714. The lowest BCUT2D eigenvalue weighted by atomic mass is 10.2. The molecule has 0 fully saturated rings. The molecule has 0 spiro atoms. The maximum Gasteiger partial charge on any atom is 0.287 e. The maximum atomic E-state index is 11.0. The second-order valence-electron chi connectivity index (χ2n) is 2.53. The van der Waals surface area contributed by atoms with Gasteiger partial charge in [0, 0.05) is 13.0 Å². The van der Waals surface area contributed by atoms with E-state index in [-0.39, 0.29) is 5.78 Å². The quantitative estimate of drug-likeness (QED) is 0.477. The Morgan fingerprint density at radius 3 is 2.67 bits per heavy atom. The zero-order valence-corrected chi connectivity index (χ0v) is 7.43. The molecule has 0 atom stereocenters. The van der Waals surface area contributed by atoms with Crippen molar-refractivity contribution < 1.29 is 9.59 Å². The molecule has 0 aromatic rings. The van der Waals surface area contributed by atoms with Gasteiger partial charge in [-0.25, -0.2) is 0 Å². The minimum absolute atomic E-state index is 0.335. The topological polar surface area (TPSA) is 46.2 Å². The van der Waals surface area contributed by atoms with Gasteiger partial charge in [-0.1, -0.05) is 19.4 Å². The van der Waals surface area contributed by atoms with Crippen LogP contribution in [0.4, 0.5) is 0 Å². The number of ketones is 1. The summed E-state index contributed by atoms with van der Waals surface area (Å²) in [5, 5.41) is 2.43. The monoisotopic (exact) mass is 169 g/mol. The summed E-state index contributed by atoms with van der Waals surface area (Å²) in [6.07, 6.45) is 3.60. The molecule has 1 N–H and O–H groups in total. The normalized spacial score (nSPS) is 9.08. The van der Waals surface area contributed by atoms with Gasteiger partial charge in [0.1, 0.15) is 0 Å². The molecule has 0 unspecified atom stereocenters. The average molecular weight is 169 g/mol. The highest BCUT2D eigenvalue weighted by Crippen LogP contribution is 1.94. The molecular weight excluding hydrogens is 154 g/mol. The number of rotatable bonds is 6. The van der Waals surface area contributed by atoms with Crippen molar-refractivity contribution in [1.82, 2.24) is 5.32 Å².